The predicted molar refractivity (Wildman–Crippen MR) is 106 cm³/mol. The second-order valence-corrected chi connectivity index (χ2v) is 6.27. The highest BCUT2D eigenvalue weighted by Gasteiger charge is 2.08. The van der Waals surface area contributed by atoms with Crippen LogP contribution in [0.1, 0.15) is 18.1 Å². The number of anilines is 1. The average molecular weight is 385 g/mol. The number of rotatable bonds is 7. The Morgan fingerprint density at radius 3 is 2.70 bits per heavy atom. The molecule has 2 aromatic carbocycles. The molecule has 1 aromatic heterocycles. The number of amides is 2. The van der Waals surface area contributed by atoms with E-state index in [1.54, 1.807) is 24.4 Å². The van der Waals surface area contributed by atoms with Gasteiger partial charge < -0.3 is 15.4 Å². The fraction of sp³-hybridized carbons (Fsp3) is 0.200. The number of ether oxygens (including phenoxy) is 1. The van der Waals surface area contributed by atoms with Gasteiger partial charge in [0.2, 0.25) is 0 Å². The number of nitrogens with zero attached hydrogens (tertiary/aromatic N) is 2. The summed E-state index contributed by atoms with van der Waals surface area (Å²) in [6, 6.07) is 14.7. The lowest BCUT2D eigenvalue weighted by molar-refractivity contribution is 0.251. The summed E-state index contributed by atoms with van der Waals surface area (Å²) in [4.78, 5) is 12.2. The zero-order valence-electron chi connectivity index (χ0n) is 15.0. The molecule has 0 aliphatic carbocycles. The predicted octanol–water partition coefficient (Wildman–Crippen LogP) is 4.31. The maximum atomic E-state index is 12.2. The molecule has 0 radical (unpaired) electrons. The van der Waals surface area contributed by atoms with Crippen LogP contribution in [-0.2, 0) is 13.1 Å². The van der Waals surface area contributed by atoms with Gasteiger partial charge in [-0.05, 0) is 42.3 Å². The van der Waals surface area contributed by atoms with Crippen LogP contribution in [-0.4, -0.2) is 22.4 Å². The first-order valence-corrected chi connectivity index (χ1v) is 9.05. The maximum absolute atomic E-state index is 12.2. The van der Waals surface area contributed by atoms with Gasteiger partial charge >= 0.3 is 6.03 Å². The molecule has 0 spiro atoms. The normalized spacial score (nSPS) is 10.4. The van der Waals surface area contributed by atoms with Crippen LogP contribution >= 0.6 is 11.6 Å². The van der Waals surface area contributed by atoms with E-state index in [1.165, 1.54) is 0 Å². The number of benzene rings is 2. The minimum atomic E-state index is -0.302. The lowest BCUT2D eigenvalue weighted by atomic mass is 10.1. The average Bonchev–Trinajstić information content (AvgIpc) is 3.16. The molecule has 3 aromatic rings. The van der Waals surface area contributed by atoms with E-state index in [9.17, 15) is 4.79 Å². The maximum Gasteiger partial charge on any atom is 0.319 e. The third-order valence-electron chi connectivity index (χ3n) is 3.94. The Labute approximate surface area is 163 Å². The molecule has 2 amide bonds. The molecule has 0 saturated carbocycles. The number of halogens is 1. The highest BCUT2D eigenvalue weighted by molar-refractivity contribution is 6.32. The number of hydrogen-bond donors (Lipinski definition) is 2. The van der Waals surface area contributed by atoms with Crippen LogP contribution < -0.4 is 15.4 Å². The van der Waals surface area contributed by atoms with E-state index in [2.05, 4.69) is 15.7 Å². The molecule has 7 heteroatoms. The van der Waals surface area contributed by atoms with Crippen molar-refractivity contribution in [3.05, 3.63) is 77.1 Å². The quantitative estimate of drug-likeness (QED) is 0.638. The molecule has 0 fully saturated rings. The van der Waals surface area contributed by atoms with E-state index in [-0.39, 0.29) is 6.03 Å². The fourth-order valence-electron chi connectivity index (χ4n) is 2.65. The molecule has 140 valence electrons. The van der Waals surface area contributed by atoms with Crippen molar-refractivity contribution in [1.29, 1.82) is 0 Å². The summed E-state index contributed by atoms with van der Waals surface area (Å²) in [5.74, 6) is 0.595. The number of hydrogen-bond acceptors (Lipinski definition) is 3. The molecule has 6 nitrogen and oxygen atoms in total. The molecule has 2 N–H and O–H groups in total. The van der Waals surface area contributed by atoms with E-state index in [0.717, 1.165) is 11.1 Å². The van der Waals surface area contributed by atoms with Gasteiger partial charge in [-0.25, -0.2) is 4.79 Å². The Bertz CT molecular complexity index is 897. The van der Waals surface area contributed by atoms with Crippen LogP contribution in [0.25, 0.3) is 0 Å². The Morgan fingerprint density at radius 2 is 2.00 bits per heavy atom. The minimum absolute atomic E-state index is 0.302. The van der Waals surface area contributed by atoms with Crippen LogP contribution in [0, 0.1) is 0 Å². The van der Waals surface area contributed by atoms with Gasteiger partial charge in [-0.2, -0.15) is 5.10 Å². The van der Waals surface area contributed by atoms with Crippen LogP contribution in [0.3, 0.4) is 0 Å². The summed E-state index contributed by atoms with van der Waals surface area (Å²) >= 11 is 6.15. The zero-order chi connectivity index (χ0) is 19.1. The molecule has 0 aliphatic heterocycles. The molecule has 0 saturated heterocycles. The van der Waals surface area contributed by atoms with Gasteiger partial charge in [-0.1, -0.05) is 35.9 Å². The second kappa shape index (κ2) is 9.09. The van der Waals surface area contributed by atoms with Crippen LogP contribution in [0.2, 0.25) is 5.02 Å². The van der Waals surface area contributed by atoms with Crippen molar-refractivity contribution in [1.82, 2.24) is 15.1 Å². The Kier molecular flexibility index (Phi) is 6.33. The second-order valence-electron chi connectivity index (χ2n) is 5.86. The molecule has 3 rings (SSSR count). The largest absolute Gasteiger partial charge is 0.492 e. The van der Waals surface area contributed by atoms with Crippen molar-refractivity contribution in [3.8, 4) is 5.75 Å². The summed E-state index contributed by atoms with van der Waals surface area (Å²) < 4.78 is 7.24. The van der Waals surface area contributed by atoms with Crippen molar-refractivity contribution in [3.63, 3.8) is 0 Å². The van der Waals surface area contributed by atoms with Gasteiger partial charge in [0, 0.05) is 24.6 Å². The smallest absolute Gasteiger partial charge is 0.319 e. The highest BCUT2D eigenvalue weighted by atomic mass is 35.5. The number of urea groups is 1. The minimum Gasteiger partial charge on any atom is -0.492 e. The van der Waals surface area contributed by atoms with E-state index in [0.29, 0.717) is 36.2 Å². The third kappa shape index (κ3) is 5.24. The number of aromatic nitrogens is 2. The summed E-state index contributed by atoms with van der Waals surface area (Å²) in [5, 5.41) is 10.3. The lowest BCUT2D eigenvalue weighted by Gasteiger charge is -2.12. The van der Waals surface area contributed by atoms with Gasteiger partial charge in [0.15, 0.2) is 0 Å². The fourth-order valence-corrected chi connectivity index (χ4v) is 2.89. The van der Waals surface area contributed by atoms with Crippen LogP contribution in [0.4, 0.5) is 10.5 Å². The Morgan fingerprint density at radius 1 is 1.19 bits per heavy atom. The molecule has 0 aliphatic rings. The standard InChI is InChI=1S/C20H21ClN4O2/c1-2-27-19-9-8-17(12-18(19)21)24-20(26)22-13-15-6-3-4-7-16(15)14-25-11-5-10-23-25/h3-12H,2,13-14H2,1H3,(H2,22,24,26). The van der Waals surface area contributed by atoms with Gasteiger partial charge in [0.1, 0.15) is 5.75 Å². The topological polar surface area (TPSA) is 68.2 Å². The summed E-state index contributed by atoms with van der Waals surface area (Å²) in [6.07, 6.45) is 3.66. The van der Waals surface area contributed by atoms with Crippen molar-refractivity contribution in [2.45, 2.75) is 20.0 Å². The van der Waals surface area contributed by atoms with E-state index < -0.39 is 0 Å². The van der Waals surface area contributed by atoms with Gasteiger partial charge in [0.25, 0.3) is 0 Å². The first kappa shape index (κ1) is 18.8. The lowest BCUT2D eigenvalue weighted by Crippen LogP contribution is -2.28. The summed E-state index contributed by atoms with van der Waals surface area (Å²) in [7, 11) is 0. The summed E-state index contributed by atoms with van der Waals surface area (Å²) in [5.41, 5.74) is 2.74. The first-order chi connectivity index (χ1) is 13.2. The molecule has 1 heterocycles. The monoisotopic (exact) mass is 384 g/mol. The Hall–Kier alpha value is -2.99. The summed E-state index contributed by atoms with van der Waals surface area (Å²) in [6.45, 7) is 3.49. The van der Waals surface area contributed by atoms with Gasteiger partial charge in [-0.3, -0.25) is 4.68 Å². The number of carbonyl (C=O) groups excluding carboxylic acids is 1. The van der Waals surface area contributed by atoms with Crippen LogP contribution in [0.5, 0.6) is 5.75 Å². The zero-order valence-corrected chi connectivity index (χ0v) is 15.7. The van der Waals surface area contributed by atoms with E-state index in [1.807, 2.05) is 48.1 Å². The van der Waals surface area contributed by atoms with Gasteiger partial charge in [0.05, 0.1) is 18.2 Å². The van der Waals surface area contributed by atoms with Crippen molar-refractivity contribution in [2.24, 2.45) is 0 Å². The Balaban J connectivity index is 1.59. The molecular formula is C20H21ClN4O2. The number of nitrogens with one attached hydrogen (secondary N) is 2. The van der Waals surface area contributed by atoms with Crippen molar-refractivity contribution in [2.75, 3.05) is 11.9 Å². The molecule has 0 unspecified atom stereocenters. The van der Waals surface area contributed by atoms with Crippen molar-refractivity contribution >= 4 is 23.3 Å². The molecule has 0 atom stereocenters. The SMILES string of the molecule is CCOc1ccc(NC(=O)NCc2ccccc2Cn2cccn2)cc1Cl. The van der Waals surface area contributed by atoms with E-state index in [4.69, 9.17) is 16.3 Å². The molecule has 0 bridgehead atoms. The van der Waals surface area contributed by atoms with Crippen molar-refractivity contribution < 1.29 is 9.53 Å². The molecule has 27 heavy (non-hydrogen) atoms. The van der Waals surface area contributed by atoms with Gasteiger partial charge in [-0.15, -0.1) is 0 Å². The highest BCUT2D eigenvalue weighted by Crippen LogP contribution is 2.27. The third-order valence-corrected chi connectivity index (χ3v) is 4.23. The van der Waals surface area contributed by atoms with E-state index >= 15 is 0 Å². The first-order valence-electron chi connectivity index (χ1n) is 8.67. The number of carbonyl (C=O) groups is 1. The molecular weight excluding hydrogens is 364 g/mol. The van der Waals surface area contributed by atoms with Crippen LogP contribution in [0.15, 0.2) is 60.9 Å².